The Bertz CT molecular complexity index is 2770. The number of nitrogens with zero attached hydrogens (tertiary/aromatic N) is 3. The highest BCUT2D eigenvalue weighted by atomic mass is 32.1. The first-order valence-electron chi connectivity index (χ1n) is 15.0. The molecule has 0 bridgehead atoms. The minimum atomic E-state index is 0.635. The molecule has 0 aliphatic rings. The number of para-hydroxylation sites is 3. The predicted molar refractivity (Wildman–Crippen MR) is 187 cm³/mol. The number of thiophene rings is 1. The lowest BCUT2D eigenvalue weighted by molar-refractivity contribution is 0.670. The van der Waals surface area contributed by atoms with Gasteiger partial charge in [0.05, 0.1) is 27.1 Å². The number of rotatable bonds is 3. The summed E-state index contributed by atoms with van der Waals surface area (Å²) in [7, 11) is 0. The highest BCUT2D eigenvalue weighted by Crippen LogP contribution is 2.43. The molecule has 0 unspecified atom stereocenters. The van der Waals surface area contributed by atoms with Gasteiger partial charge in [0.25, 0.3) is 0 Å². The maximum atomic E-state index is 6.48. The zero-order valence-electron chi connectivity index (χ0n) is 23.9. The highest BCUT2D eigenvalue weighted by molar-refractivity contribution is 7.26. The largest absolute Gasteiger partial charge is 0.455 e. The van der Waals surface area contributed by atoms with Gasteiger partial charge in [0.1, 0.15) is 11.2 Å². The first-order valence-corrected chi connectivity index (χ1v) is 15.8. The first kappa shape index (κ1) is 24.6. The molecule has 0 amide bonds. The zero-order chi connectivity index (χ0) is 29.5. The van der Waals surface area contributed by atoms with Crippen LogP contribution in [0.4, 0.5) is 0 Å². The minimum absolute atomic E-state index is 0.635. The van der Waals surface area contributed by atoms with Gasteiger partial charge >= 0.3 is 0 Å². The summed E-state index contributed by atoms with van der Waals surface area (Å²) >= 11 is 1.83. The summed E-state index contributed by atoms with van der Waals surface area (Å²) in [5.41, 5.74) is 7.56. The SMILES string of the molecule is c1ccc(-c2cc(-c3cccc4c3oc3ccccc34)nc(-n3c4ccccc4c4ccc5c6ccccc6sc5c43)n2)cc1. The molecule has 10 rings (SSSR count). The molecular weight excluding hydrogens is 571 g/mol. The van der Waals surface area contributed by atoms with E-state index < -0.39 is 0 Å². The molecule has 0 radical (unpaired) electrons. The third kappa shape index (κ3) is 3.59. The maximum Gasteiger partial charge on any atom is 0.235 e. The Morgan fingerprint density at radius 2 is 1.24 bits per heavy atom. The topological polar surface area (TPSA) is 43.9 Å². The Morgan fingerprint density at radius 3 is 2.16 bits per heavy atom. The zero-order valence-corrected chi connectivity index (χ0v) is 24.8. The molecule has 0 saturated heterocycles. The summed E-state index contributed by atoms with van der Waals surface area (Å²) < 4.78 is 11.2. The average molecular weight is 594 g/mol. The molecule has 4 heterocycles. The lowest BCUT2D eigenvalue weighted by Crippen LogP contribution is -2.04. The average Bonchev–Trinajstić information content (AvgIpc) is 3.78. The van der Waals surface area contributed by atoms with E-state index in [1.54, 1.807) is 0 Å². The van der Waals surface area contributed by atoms with Gasteiger partial charge in [0.2, 0.25) is 5.95 Å². The highest BCUT2D eigenvalue weighted by Gasteiger charge is 2.21. The van der Waals surface area contributed by atoms with Crippen LogP contribution in [0.1, 0.15) is 0 Å². The van der Waals surface area contributed by atoms with E-state index in [1.807, 2.05) is 29.5 Å². The lowest BCUT2D eigenvalue weighted by Gasteiger charge is -2.12. The Hall–Kier alpha value is -5.78. The molecule has 0 atom stereocenters. The van der Waals surface area contributed by atoms with Crippen LogP contribution in [0.15, 0.2) is 144 Å². The van der Waals surface area contributed by atoms with Crippen molar-refractivity contribution in [1.82, 2.24) is 14.5 Å². The fourth-order valence-corrected chi connectivity index (χ4v) is 8.06. The second kappa shape index (κ2) is 9.36. The van der Waals surface area contributed by atoms with Crippen molar-refractivity contribution in [1.29, 1.82) is 0 Å². The van der Waals surface area contributed by atoms with E-state index in [2.05, 4.69) is 126 Å². The van der Waals surface area contributed by atoms with E-state index in [4.69, 9.17) is 14.4 Å². The molecule has 10 aromatic rings. The van der Waals surface area contributed by atoms with Gasteiger partial charge in [-0.2, -0.15) is 0 Å². The van der Waals surface area contributed by atoms with E-state index in [1.165, 1.54) is 30.9 Å². The molecule has 0 aliphatic heterocycles. The molecule has 0 saturated carbocycles. The molecule has 6 aromatic carbocycles. The molecule has 0 spiro atoms. The molecule has 0 N–H and O–H groups in total. The lowest BCUT2D eigenvalue weighted by atomic mass is 10.0. The smallest absolute Gasteiger partial charge is 0.235 e. The van der Waals surface area contributed by atoms with Crippen molar-refractivity contribution in [2.24, 2.45) is 0 Å². The number of furan rings is 1. The van der Waals surface area contributed by atoms with Crippen LogP contribution in [0.25, 0.3) is 92.4 Å². The number of benzene rings is 6. The van der Waals surface area contributed by atoms with Crippen LogP contribution in [-0.2, 0) is 0 Å². The van der Waals surface area contributed by atoms with Crippen molar-refractivity contribution in [3.63, 3.8) is 0 Å². The Kier molecular flexibility index (Phi) is 5.12. The third-order valence-electron chi connectivity index (χ3n) is 8.84. The van der Waals surface area contributed by atoms with Crippen molar-refractivity contribution in [2.45, 2.75) is 0 Å². The van der Waals surface area contributed by atoms with E-state index in [0.29, 0.717) is 5.95 Å². The van der Waals surface area contributed by atoms with Crippen molar-refractivity contribution >= 4 is 75.3 Å². The van der Waals surface area contributed by atoms with Crippen LogP contribution in [0.2, 0.25) is 0 Å². The van der Waals surface area contributed by atoms with Crippen LogP contribution < -0.4 is 0 Å². The predicted octanol–water partition coefficient (Wildman–Crippen LogP) is 11.2. The van der Waals surface area contributed by atoms with Gasteiger partial charge in [-0.3, -0.25) is 4.57 Å². The number of fused-ring (bicyclic) bond motifs is 10. The van der Waals surface area contributed by atoms with Crippen LogP contribution >= 0.6 is 11.3 Å². The Labute approximate surface area is 261 Å². The maximum absolute atomic E-state index is 6.48. The van der Waals surface area contributed by atoms with Crippen molar-refractivity contribution in [2.75, 3.05) is 0 Å². The van der Waals surface area contributed by atoms with Crippen LogP contribution in [-0.4, -0.2) is 14.5 Å². The van der Waals surface area contributed by atoms with Gasteiger partial charge in [-0.05, 0) is 30.3 Å². The molecule has 5 heteroatoms. The number of hydrogen-bond acceptors (Lipinski definition) is 4. The van der Waals surface area contributed by atoms with E-state index in [0.717, 1.165) is 55.5 Å². The molecule has 210 valence electrons. The van der Waals surface area contributed by atoms with Gasteiger partial charge in [-0.25, -0.2) is 9.97 Å². The fraction of sp³-hybridized carbons (Fsp3) is 0. The second-order valence-electron chi connectivity index (χ2n) is 11.4. The molecule has 45 heavy (non-hydrogen) atoms. The summed E-state index contributed by atoms with van der Waals surface area (Å²) in [5.74, 6) is 0.635. The molecule has 0 fully saturated rings. The Morgan fingerprint density at radius 1 is 0.533 bits per heavy atom. The quantitative estimate of drug-likeness (QED) is 0.205. The summed E-state index contributed by atoms with van der Waals surface area (Å²) in [6.07, 6.45) is 0. The van der Waals surface area contributed by atoms with Gasteiger partial charge in [0, 0.05) is 48.1 Å². The van der Waals surface area contributed by atoms with Gasteiger partial charge in [-0.1, -0.05) is 109 Å². The summed E-state index contributed by atoms with van der Waals surface area (Å²) in [5, 5.41) is 7.07. The summed E-state index contributed by atoms with van der Waals surface area (Å²) in [6, 6.07) is 48.7. The van der Waals surface area contributed by atoms with Gasteiger partial charge < -0.3 is 4.42 Å². The fourth-order valence-electron chi connectivity index (χ4n) is 6.82. The van der Waals surface area contributed by atoms with Crippen LogP contribution in [0.3, 0.4) is 0 Å². The monoisotopic (exact) mass is 593 g/mol. The minimum Gasteiger partial charge on any atom is -0.455 e. The van der Waals surface area contributed by atoms with Crippen LogP contribution in [0, 0.1) is 0 Å². The molecule has 0 aliphatic carbocycles. The number of aromatic nitrogens is 3. The second-order valence-corrected chi connectivity index (χ2v) is 12.4. The van der Waals surface area contributed by atoms with Crippen LogP contribution in [0.5, 0.6) is 0 Å². The van der Waals surface area contributed by atoms with E-state index >= 15 is 0 Å². The van der Waals surface area contributed by atoms with E-state index in [9.17, 15) is 0 Å². The van der Waals surface area contributed by atoms with Gasteiger partial charge in [-0.15, -0.1) is 11.3 Å². The molecule has 4 aromatic heterocycles. The Balaban J connectivity index is 1.34. The van der Waals surface area contributed by atoms with E-state index in [-0.39, 0.29) is 0 Å². The van der Waals surface area contributed by atoms with Crippen molar-refractivity contribution in [3.05, 3.63) is 140 Å². The van der Waals surface area contributed by atoms with Crippen molar-refractivity contribution in [3.8, 4) is 28.5 Å². The normalized spacial score (nSPS) is 12.0. The molecular formula is C40H23N3OS. The summed E-state index contributed by atoms with van der Waals surface area (Å²) in [4.78, 5) is 10.6. The van der Waals surface area contributed by atoms with Gasteiger partial charge in [0.15, 0.2) is 0 Å². The number of hydrogen-bond donors (Lipinski definition) is 0. The first-order chi connectivity index (χ1) is 22.3. The molecule has 4 nitrogen and oxygen atoms in total. The van der Waals surface area contributed by atoms with Crippen molar-refractivity contribution < 1.29 is 4.42 Å². The third-order valence-corrected chi connectivity index (χ3v) is 10.0. The summed E-state index contributed by atoms with van der Waals surface area (Å²) in [6.45, 7) is 0. The standard InChI is InChI=1S/C40H23N3OS/c1-2-11-24(12-3-1)32-23-33(31-17-10-16-29-26-14-5-8-19-35(26)44-38(29)31)42-40(41-32)43-34-18-7-4-13-25(34)28-21-22-30-27-15-6-9-20-36(27)45-39(30)37(28)43/h1-23H.